The van der Waals surface area contributed by atoms with Gasteiger partial charge in [0.25, 0.3) is 5.91 Å². The number of carboxylic acid groups (broad SMARTS) is 1. The average Bonchev–Trinajstić information content (AvgIpc) is 2.83. The van der Waals surface area contributed by atoms with Crippen molar-refractivity contribution in [2.75, 3.05) is 5.73 Å². The van der Waals surface area contributed by atoms with Gasteiger partial charge < -0.3 is 16.2 Å². The van der Waals surface area contributed by atoms with E-state index in [1.54, 1.807) is 12.1 Å². The van der Waals surface area contributed by atoms with E-state index in [4.69, 9.17) is 10.8 Å². The fraction of sp³-hybridized carbons (Fsp3) is 0.0909. The number of rotatable bonds is 4. The van der Waals surface area contributed by atoms with Gasteiger partial charge in [-0.25, -0.2) is 4.79 Å². The van der Waals surface area contributed by atoms with E-state index >= 15 is 0 Å². The highest BCUT2D eigenvalue weighted by molar-refractivity contribution is 5.90. The number of nitrogen functional groups attached to an aromatic ring is 1. The number of nitrogens with two attached hydrogens (primary N) is 1. The van der Waals surface area contributed by atoms with E-state index in [0.29, 0.717) is 0 Å². The second-order valence-corrected chi connectivity index (χ2v) is 3.73. The highest BCUT2D eigenvalue weighted by Crippen LogP contribution is 2.04. The van der Waals surface area contributed by atoms with Gasteiger partial charge in [-0.1, -0.05) is 12.1 Å². The zero-order valence-electron chi connectivity index (χ0n) is 9.75. The van der Waals surface area contributed by atoms with Crippen LogP contribution in [0.2, 0.25) is 0 Å². The van der Waals surface area contributed by atoms with Crippen molar-refractivity contribution in [2.45, 2.75) is 6.54 Å². The smallest absolute Gasteiger partial charge is 0.335 e. The Morgan fingerprint density at radius 3 is 2.53 bits per heavy atom. The maximum Gasteiger partial charge on any atom is 0.335 e. The third-order valence-corrected chi connectivity index (χ3v) is 2.37. The molecule has 0 saturated heterocycles. The van der Waals surface area contributed by atoms with Crippen LogP contribution in [-0.2, 0) is 6.54 Å². The van der Waals surface area contributed by atoms with Gasteiger partial charge in [0.1, 0.15) is 0 Å². The fourth-order valence-corrected chi connectivity index (χ4v) is 1.41. The molecule has 2 rings (SSSR count). The summed E-state index contributed by atoms with van der Waals surface area (Å²) >= 11 is 0. The lowest BCUT2D eigenvalue weighted by molar-refractivity contribution is 0.0696. The van der Waals surface area contributed by atoms with E-state index in [1.165, 1.54) is 12.1 Å². The zero-order valence-corrected chi connectivity index (χ0v) is 9.75. The molecule has 98 valence electrons. The van der Waals surface area contributed by atoms with E-state index in [2.05, 4.69) is 20.5 Å². The topological polar surface area (TPSA) is 134 Å². The lowest BCUT2D eigenvalue weighted by atomic mass is 10.1. The number of amides is 1. The Morgan fingerprint density at radius 2 is 2.00 bits per heavy atom. The Morgan fingerprint density at radius 1 is 1.32 bits per heavy atom. The van der Waals surface area contributed by atoms with Crippen molar-refractivity contribution in [3.63, 3.8) is 0 Å². The van der Waals surface area contributed by atoms with Crippen LogP contribution in [-0.4, -0.2) is 32.2 Å². The number of carboxylic acids is 1. The Bertz CT molecular complexity index is 605. The first-order valence-electron chi connectivity index (χ1n) is 5.34. The third kappa shape index (κ3) is 3.06. The summed E-state index contributed by atoms with van der Waals surface area (Å²) in [5, 5.41) is 17.3. The molecule has 1 heterocycles. The van der Waals surface area contributed by atoms with Crippen molar-refractivity contribution >= 4 is 17.8 Å². The SMILES string of the molecule is Nc1n[nH]c(C(=O)NCc2ccc(C(=O)O)cc2)n1. The molecule has 1 amide bonds. The highest BCUT2D eigenvalue weighted by Gasteiger charge is 2.10. The molecule has 2 aromatic rings. The summed E-state index contributed by atoms with van der Waals surface area (Å²) in [6.45, 7) is 0.249. The van der Waals surface area contributed by atoms with Crippen molar-refractivity contribution < 1.29 is 14.7 Å². The molecule has 19 heavy (non-hydrogen) atoms. The minimum atomic E-state index is -0.993. The summed E-state index contributed by atoms with van der Waals surface area (Å²) in [4.78, 5) is 26.0. The first kappa shape index (κ1) is 12.6. The first-order valence-corrected chi connectivity index (χ1v) is 5.34. The van der Waals surface area contributed by atoms with Crippen LogP contribution in [0.25, 0.3) is 0 Å². The number of benzene rings is 1. The Balaban J connectivity index is 1.95. The fourth-order valence-electron chi connectivity index (χ4n) is 1.41. The minimum absolute atomic E-state index is 0.00374. The van der Waals surface area contributed by atoms with E-state index in [9.17, 15) is 9.59 Å². The van der Waals surface area contributed by atoms with Crippen LogP contribution in [0.4, 0.5) is 5.95 Å². The lowest BCUT2D eigenvalue weighted by Crippen LogP contribution is -2.24. The lowest BCUT2D eigenvalue weighted by Gasteiger charge is -2.03. The molecule has 0 atom stereocenters. The molecular weight excluding hydrogens is 250 g/mol. The third-order valence-electron chi connectivity index (χ3n) is 2.37. The molecule has 0 radical (unpaired) electrons. The van der Waals surface area contributed by atoms with Crippen LogP contribution >= 0.6 is 0 Å². The molecule has 8 heteroatoms. The Labute approximate surface area is 107 Å². The summed E-state index contributed by atoms with van der Waals surface area (Å²) in [5.74, 6) is -1.41. The van der Waals surface area contributed by atoms with Crippen molar-refractivity contribution in [3.05, 3.63) is 41.2 Å². The first-order chi connectivity index (χ1) is 9.06. The monoisotopic (exact) mass is 261 g/mol. The van der Waals surface area contributed by atoms with Gasteiger partial charge in [-0.15, -0.1) is 5.10 Å². The number of aromatic carboxylic acids is 1. The molecule has 0 aliphatic carbocycles. The normalized spacial score (nSPS) is 10.1. The predicted octanol–water partition coefficient (Wildman–Crippen LogP) is 0.0151. The Kier molecular flexibility index (Phi) is 3.42. The van der Waals surface area contributed by atoms with Crippen LogP contribution in [0.3, 0.4) is 0 Å². The maximum absolute atomic E-state index is 11.6. The molecule has 5 N–H and O–H groups in total. The van der Waals surface area contributed by atoms with Gasteiger partial charge in [-0.05, 0) is 17.7 Å². The number of hydrogen-bond acceptors (Lipinski definition) is 5. The number of H-pyrrole nitrogens is 1. The van der Waals surface area contributed by atoms with E-state index in [0.717, 1.165) is 5.56 Å². The van der Waals surface area contributed by atoms with Crippen LogP contribution in [0.5, 0.6) is 0 Å². The highest BCUT2D eigenvalue weighted by atomic mass is 16.4. The number of nitrogens with zero attached hydrogens (tertiary/aromatic N) is 2. The number of hydrogen-bond donors (Lipinski definition) is 4. The Hall–Kier alpha value is -2.90. The van der Waals surface area contributed by atoms with Crippen molar-refractivity contribution in [1.82, 2.24) is 20.5 Å². The van der Waals surface area contributed by atoms with E-state index in [1.807, 2.05) is 0 Å². The van der Waals surface area contributed by atoms with Gasteiger partial charge in [0.15, 0.2) is 0 Å². The molecule has 0 saturated carbocycles. The summed E-state index contributed by atoms with van der Waals surface area (Å²) in [7, 11) is 0. The van der Waals surface area contributed by atoms with Crippen molar-refractivity contribution in [2.24, 2.45) is 0 Å². The molecule has 1 aromatic heterocycles. The van der Waals surface area contributed by atoms with Crippen molar-refractivity contribution in [1.29, 1.82) is 0 Å². The quantitative estimate of drug-likeness (QED) is 0.612. The van der Waals surface area contributed by atoms with E-state index < -0.39 is 11.9 Å². The number of carbonyl (C=O) groups excluding carboxylic acids is 1. The molecule has 0 unspecified atom stereocenters. The second-order valence-electron chi connectivity index (χ2n) is 3.73. The molecular formula is C11H11N5O3. The molecule has 0 fully saturated rings. The number of aromatic amines is 1. The molecule has 1 aromatic carbocycles. The van der Waals surface area contributed by atoms with Crippen molar-refractivity contribution in [3.8, 4) is 0 Å². The van der Waals surface area contributed by atoms with Crippen LogP contribution in [0.1, 0.15) is 26.5 Å². The van der Waals surface area contributed by atoms with Gasteiger partial charge >= 0.3 is 5.97 Å². The van der Waals surface area contributed by atoms with Gasteiger partial charge in [0.05, 0.1) is 5.56 Å². The maximum atomic E-state index is 11.6. The summed E-state index contributed by atoms with van der Waals surface area (Å²) in [6, 6.07) is 6.18. The predicted molar refractivity (Wildman–Crippen MR) is 65.4 cm³/mol. The number of carbonyl (C=O) groups is 2. The van der Waals surface area contributed by atoms with E-state index in [-0.39, 0.29) is 23.9 Å². The standard InChI is InChI=1S/C11H11N5O3/c12-11-14-8(15-16-11)9(17)13-5-6-1-3-7(4-2-6)10(18)19/h1-4H,5H2,(H,13,17)(H,18,19)(H3,12,14,15,16). The average molecular weight is 261 g/mol. The zero-order chi connectivity index (χ0) is 13.8. The largest absolute Gasteiger partial charge is 0.478 e. The number of aromatic nitrogens is 3. The summed E-state index contributed by atoms with van der Waals surface area (Å²) in [5.41, 5.74) is 6.24. The van der Waals surface area contributed by atoms with Gasteiger partial charge in [0, 0.05) is 6.54 Å². The molecule has 0 bridgehead atoms. The van der Waals surface area contributed by atoms with Gasteiger partial charge in [0.2, 0.25) is 11.8 Å². The van der Waals surface area contributed by atoms with Crippen LogP contribution < -0.4 is 11.1 Å². The summed E-state index contributed by atoms with van der Waals surface area (Å²) in [6.07, 6.45) is 0. The summed E-state index contributed by atoms with van der Waals surface area (Å²) < 4.78 is 0. The molecule has 0 aliphatic rings. The molecule has 0 spiro atoms. The number of anilines is 1. The van der Waals surface area contributed by atoms with Crippen LogP contribution in [0, 0.1) is 0 Å². The molecule has 8 nitrogen and oxygen atoms in total. The van der Waals surface area contributed by atoms with Gasteiger partial charge in [-0.2, -0.15) is 4.98 Å². The number of nitrogens with one attached hydrogen (secondary N) is 2. The molecule has 0 aliphatic heterocycles. The van der Waals surface area contributed by atoms with Crippen LogP contribution in [0.15, 0.2) is 24.3 Å². The second kappa shape index (κ2) is 5.17. The minimum Gasteiger partial charge on any atom is -0.478 e. The van der Waals surface area contributed by atoms with Gasteiger partial charge in [-0.3, -0.25) is 9.89 Å².